The van der Waals surface area contributed by atoms with E-state index in [2.05, 4.69) is 4.98 Å². The van der Waals surface area contributed by atoms with Crippen LogP contribution in [-0.4, -0.2) is 27.9 Å². The highest BCUT2D eigenvalue weighted by Gasteiger charge is 2.20. The minimum Gasteiger partial charge on any atom is -0.458 e. The third kappa shape index (κ3) is 3.12. The molecule has 2 heterocycles. The molecule has 1 aromatic heterocycles. The monoisotopic (exact) mass is 314 g/mol. The van der Waals surface area contributed by atoms with Gasteiger partial charge in [0.1, 0.15) is 12.2 Å². The van der Waals surface area contributed by atoms with Crippen molar-refractivity contribution in [3.8, 4) is 0 Å². The maximum absolute atomic E-state index is 12.1. The van der Waals surface area contributed by atoms with Crippen LogP contribution in [0.3, 0.4) is 0 Å². The lowest BCUT2D eigenvalue weighted by Gasteiger charge is -2.04. The minimum absolute atomic E-state index is 0.0145. The molecule has 1 aliphatic rings. The van der Waals surface area contributed by atoms with Gasteiger partial charge >= 0.3 is 5.97 Å². The second-order valence-electron chi connectivity index (χ2n) is 4.67. The maximum Gasteiger partial charge on any atom is 0.345 e. The molecule has 2 aromatic rings. The summed E-state index contributed by atoms with van der Waals surface area (Å²) in [5, 5.41) is 0.658. The molecule has 0 aliphatic carbocycles. The number of carbonyl (C=O) groups is 1. The van der Waals surface area contributed by atoms with Gasteiger partial charge in [0, 0.05) is 12.3 Å². The molecule has 0 saturated carbocycles. The average Bonchev–Trinajstić information content (AvgIpc) is 3.02. The average molecular weight is 314 g/mol. The molecule has 3 rings (SSSR count). The van der Waals surface area contributed by atoms with Gasteiger partial charge in [-0.25, -0.2) is 9.78 Å². The molecule has 22 heavy (non-hydrogen) atoms. The van der Waals surface area contributed by atoms with Crippen LogP contribution in [0.5, 0.6) is 0 Å². The normalized spacial score (nSPS) is 13.3. The van der Waals surface area contributed by atoms with E-state index in [1.165, 1.54) is 22.5 Å². The van der Waals surface area contributed by atoms with Gasteiger partial charge in [-0.15, -0.1) is 0 Å². The first-order valence-electron chi connectivity index (χ1n) is 6.87. The smallest absolute Gasteiger partial charge is 0.345 e. The lowest BCUT2D eigenvalue weighted by molar-refractivity contribution is 0.0546. The molecule has 0 radical (unpaired) electrons. The van der Waals surface area contributed by atoms with Crippen LogP contribution in [0.15, 0.2) is 52.6 Å². The first-order chi connectivity index (χ1) is 10.8. The Labute approximate surface area is 131 Å². The van der Waals surface area contributed by atoms with Gasteiger partial charge in [-0.3, -0.25) is 9.36 Å². The van der Waals surface area contributed by atoms with E-state index < -0.39 is 5.97 Å². The molecular weight excluding hydrogens is 300 g/mol. The molecule has 0 fully saturated rings. The van der Waals surface area contributed by atoms with Crippen molar-refractivity contribution in [2.75, 3.05) is 12.4 Å². The molecule has 5 nitrogen and oxygen atoms in total. The molecule has 0 bridgehead atoms. The highest BCUT2D eigenvalue weighted by Crippen LogP contribution is 2.20. The Hall–Kier alpha value is -2.34. The number of thioether (sulfide) groups is 1. The van der Waals surface area contributed by atoms with Crippen molar-refractivity contribution in [3.05, 3.63) is 64.1 Å². The fourth-order valence-corrected chi connectivity index (χ4v) is 3.02. The second-order valence-corrected chi connectivity index (χ2v) is 5.73. The highest BCUT2D eigenvalue weighted by molar-refractivity contribution is 7.99. The summed E-state index contributed by atoms with van der Waals surface area (Å²) < 4.78 is 6.62. The van der Waals surface area contributed by atoms with Gasteiger partial charge in [-0.05, 0) is 11.6 Å². The number of hydrogen-bond donors (Lipinski definition) is 0. The lowest BCUT2D eigenvalue weighted by atomic mass is 10.2. The number of ether oxygens (including phenoxy) is 1. The summed E-state index contributed by atoms with van der Waals surface area (Å²) in [7, 11) is 0. The van der Waals surface area contributed by atoms with E-state index in [0.717, 1.165) is 11.3 Å². The highest BCUT2D eigenvalue weighted by atomic mass is 32.2. The van der Waals surface area contributed by atoms with E-state index in [9.17, 15) is 9.59 Å². The molecular formula is C16H14N2O3S. The quantitative estimate of drug-likeness (QED) is 0.640. The van der Waals surface area contributed by atoms with E-state index in [-0.39, 0.29) is 17.7 Å². The van der Waals surface area contributed by atoms with Crippen molar-refractivity contribution in [2.24, 2.45) is 0 Å². The van der Waals surface area contributed by atoms with Crippen LogP contribution in [-0.2, 0) is 11.3 Å². The third-order valence-corrected chi connectivity index (χ3v) is 4.17. The van der Waals surface area contributed by atoms with E-state index in [0.29, 0.717) is 11.7 Å². The molecule has 0 atom stereocenters. The Kier molecular flexibility index (Phi) is 4.39. The first-order valence-corrected chi connectivity index (χ1v) is 7.85. The Balaban J connectivity index is 1.63. The van der Waals surface area contributed by atoms with Crippen molar-refractivity contribution >= 4 is 23.8 Å². The summed E-state index contributed by atoms with van der Waals surface area (Å²) in [6.45, 7) is 0.699. The van der Waals surface area contributed by atoms with Crippen LogP contribution < -0.4 is 5.56 Å². The number of benzene rings is 1. The van der Waals surface area contributed by atoms with Crippen LogP contribution in [0.25, 0.3) is 6.08 Å². The molecule has 0 unspecified atom stereocenters. The Morgan fingerprint density at radius 1 is 1.36 bits per heavy atom. The Bertz CT molecular complexity index is 769. The number of carbonyl (C=O) groups excluding carboxylic acids is 1. The van der Waals surface area contributed by atoms with Crippen LogP contribution >= 0.6 is 11.8 Å². The number of hydrogen-bond acceptors (Lipinski definition) is 5. The fourth-order valence-electron chi connectivity index (χ4n) is 2.11. The van der Waals surface area contributed by atoms with E-state index in [1.807, 2.05) is 36.4 Å². The van der Waals surface area contributed by atoms with Crippen molar-refractivity contribution in [1.82, 2.24) is 9.55 Å². The van der Waals surface area contributed by atoms with E-state index in [4.69, 9.17) is 4.74 Å². The fraction of sp³-hybridized carbons (Fsp3) is 0.188. The van der Waals surface area contributed by atoms with Gasteiger partial charge < -0.3 is 4.74 Å². The summed E-state index contributed by atoms with van der Waals surface area (Å²) in [5.41, 5.74) is 0.682. The standard InChI is InChI=1S/C16H14N2O3S/c19-14-13(11-17-16-18(14)8-10-22-16)15(20)21-9-4-7-12-5-2-1-3-6-12/h1-7,11H,8-10H2. The van der Waals surface area contributed by atoms with Crippen LogP contribution in [0.4, 0.5) is 0 Å². The largest absolute Gasteiger partial charge is 0.458 e. The van der Waals surface area contributed by atoms with Gasteiger partial charge in [0.15, 0.2) is 5.16 Å². The van der Waals surface area contributed by atoms with Crippen LogP contribution in [0.2, 0.25) is 0 Å². The predicted molar refractivity (Wildman–Crippen MR) is 85.0 cm³/mol. The summed E-state index contributed by atoms with van der Waals surface area (Å²) in [4.78, 5) is 28.2. The SMILES string of the molecule is O=C(OCC=Cc1ccccc1)c1cnc2n(c1=O)CCS2. The zero-order valence-electron chi connectivity index (χ0n) is 11.8. The molecule has 0 amide bonds. The molecule has 0 N–H and O–H groups in total. The van der Waals surface area contributed by atoms with Crippen LogP contribution in [0, 0.1) is 0 Å². The number of nitrogens with zero attached hydrogens (tertiary/aromatic N) is 2. The summed E-state index contributed by atoms with van der Waals surface area (Å²) in [6.07, 6.45) is 4.90. The molecule has 112 valence electrons. The third-order valence-electron chi connectivity index (χ3n) is 3.20. The van der Waals surface area contributed by atoms with Crippen molar-refractivity contribution in [2.45, 2.75) is 11.7 Å². The molecule has 6 heteroatoms. The van der Waals surface area contributed by atoms with E-state index >= 15 is 0 Å². The summed E-state index contributed by atoms with van der Waals surface area (Å²) >= 11 is 1.51. The second kappa shape index (κ2) is 6.62. The Morgan fingerprint density at radius 2 is 2.18 bits per heavy atom. The predicted octanol–water partition coefficient (Wildman–Crippen LogP) is 2.22. The van der Waals surface area contributed by atoms with Gasteiger partial charge in [0.25, 0.3) is 5.56 Å². The molecule has 1 aliphatic heterocycles. The van der Waals surface area contributed by atoms with Crippen molar-refractivity contribution < 1.29 is 9.53 Å². The van der Waals surface area contributed by atoms with Crippen molar-refractivity contribution in [1.29, 1.82) is 0 Å². The zero-order chi connectivity index (χ0) is 15.4. The van der Waals surface area contributed by atoms with Crippen LogP contribution in [0.1, 0.15) is 15.9 Å². The Morgan fingerprint density at radius 3 is 3.00 bits per heavy atom. The van der Waals surface area contributed by atoms with Gasteiger partial charge in [0.2, 0.25) is 0 Å². The first kappa shape index (κ1) is 14.6. The maximum atomic E-state index is 12.1. The minimum atomic E-state index is -0.637. The van der Waals surface area contributed by atoms with Gasteiger partial charge in [-0.2, -0.15) is 0 Å². The zero-order valence-corrected chi connectivity index (χ0v) is 12.6. The topological polar surface area (TPSA) is 61.2 Å². The summed E-state index contributed by atoms with van der Waals surface area (Å²) in [5.74, 6) is 0.169. The van der Waals surface area contributed by atoms with Gasteiger partial charge in [0.05, 0.1) is 6.20 Å². The molecule has 1 aromatic carbocycles. The van der Waals surface area contributed by atoms with Crippen molar-refractivity contribution in [3.63, 3.8) is 0 Å². The van der Waals surface area contributed by atoms with Gasteiger partial charge in [-0.1, -0.05) is 48.2 Å². The number of fused-ring (bicyclic) bond motifs is 1. The lowest BCUT2D eigenvalue weighted by Crippen LogP contribution is -2.27. The number of rotatable bonds is 4. The number of aromatic nitrogens is 2. The number of esters is 1. The molecule has 0 saturated heterocycles. The molecule has 0 spiro atoms. The summed E-state index contributed by atoms with van der Waals surface area (Å²) in [6, 6.07) is 9.70. The van der Waals surface area contributed by atoms with E-state index in [1.54, 1.807) is 6.08 Å².